The molecule has 1 aliphatic rings. The fourth-order valence-corrected chi connectivity index (χ4v) is 4.74. The van der Waals surface area contributed by atoms with E-state index in [0.717, 1.165) is 64.9 Å². The Morgan fingerprint density at radius 2 is 1.97 bits per heavy atom. The highest BCUT2D eigenvalue weighted by atomic mass is 32.1. The Morgan fingerprint density at radius 1 is 1.17 bits per heavy atom. The maximum absolute atomic E-state index is 12.3. The Bertz CT molecular complexity index is 1010. The lowest BCUT2D eigenvalue weighted by Gasteiger charge is -2.34. The van der Waals surface area contributed by atoms with Crippen LogP contribution in [0.15, 0.2) is 42.5 Å². The van der Waals surface area contributed by atoms with Crippen LogP contribution in [0, 0.1) is 6.92 Å². The summed E-state index contributed by atoms with van der Waals surface area (Å²) in [6.07, 6.45) is 0. The van der Waals surface area contributed by atoms with Gasteiger partial charge in [-0.2, -0.15) is 0 Å². The molecule has 2 aromatic carbocycles. The average Bonchev–Trinajstić information content (AvgIpc) is 3.18. The van der Waals surface area contributed by atoms with Crippen molar-refractivity contribution in [1.82, 2.24) is 15.2 Å². The van der Waals surface area contributed by atoms with Gasteiger partial charge in [-0.15, -0.1) is 0 Å². The Morgan fingerprint density at radius 3 is 2.73 bits per heavy atom. The summed E-state index contributed by atoms with van der Waals surface area (Å²) in [4.78, 5) is 21.9. The van der Waals surface area contributed by atoms with Crippen molar-refractivity contribution in [3.63, 3.8) is 0 Å². The summed E-state index contributed by atoms with van der Waals surface area (Å²) in [6, 6.07) is 13.8. The maximum atomic E-state index is 12.3. The van der Waals surface area contributed by atoms with E-state index in [-0.39, 0.29) is 5.91 Å². The second-order valence-electron chi connectivity index (χ2n) is 7.46. The van der Waals surface area contributed by atoms with E-state index in [9.17, 15) is 4.79 Å². The summed E-state index contributed by atoms with van der Waals surface area (Å²) >= 11 is 1.73. The smallest absolute Gasteiger partial charge is 0.251 e. The number of fused-ring (bicyclic) bond motifs is 1. The number of carbonyl (C=O) groups excluding carboxylic acids is 1. The molecule has 0 radical (unpaired) electrons. The van der Waals surface area contributed by atoms with Gasteiger partial charge in [0.1, 0.15) is 5.75 Å². The first-order valence-electron chi connectivity index (χ1n) is 10.5. The van der Waals surface area contributed by atoms with Gasteiger partial charge >= 0.3 is 0 Å². The molecular formula is C23H28N4O2S. The van der Waals surface area contributed by atoms with Gasteiger partial charge in [-0.3, -0.25) is 9.69 Å². The normalized spacial score (nSPS) is 14.8. The highest BCUT2D eigenvalue weighted by Gasteiger charge is 2.20. The molecule has 1 aliphatic heterocycles. The minimum atomic E-state index is 0.00707. The third-order valence-electron chi connectivity index (χ3n) is 5.41. The van der Waals surface area contributed by atoms with E-state index in [4.69, 9.17) is 9.72 Å². The van der Waals surface area contributed by atoms with Crippen molar-refractivity contribution in [2.45, 2.75) is 13.8 Å². The topological polar surface area (TPSA) is 57.7 Å². The van der Waals surface area contributed by atoms with Crippen LogP contribution in [0.3, 0.4) is 0 Å². The molecule has 7 heteroatoms. The maximum Gasteiger partial charge on any atom is 0.251 e. The molecule has 0 spiro atoms. The van der Waals surface area contributed by atoms with Crippen LogP contribution < -0.4 is 15.0 Å². The fraction of sp³-hybridized carbons (Fsp3) is 0.391. The Hall–Kier alpha value is -2.64. The number of ether oxygens (including phenoxy) is 1. The number of piperazine rings is 1. The number of aryl methyl sites for hydroxylation is 1. The molecule has 0 unspecified atom stereocenters. The predicted octanol–water partition coefficient (Wildman–Crippen LogP) is 3.56. The molecule has 6 nitrogen and oxygen atoms in total. The van der Waals surface area contributed by atoms with Crippen LogP contribution in [-0.2, 0) is 0 Å². The number of rotatable bonds is 7. The molecular weight excluding hydrogens is 396 g/mol. The minimum Gasteiger partial charge on any atom is -0.494 e. The fourth-order valence-electron chi connectivity index (χ4n) is 3.70. The molecule has 0 saturated carbocycles. The lowest BCUT2D eigenvalue weighted by Crippen LogP contribution is -2.48. The number of nitrogens with one attached hydrogen (secondary N) is 1. The first kappa shape index (κ1) is 20.6. The zero-order valence-electron chi connectivity index (χ0n) is 17.6. The molecule has 2 heterocycles. The number of hydrogen-bond donors (Lipinski definition) is 1. The van der Waals surface area contributed by atoms with Crippen molar-refractivity contribution in [1.29, 1.82) is 0 Å². The van der Waals surface area contributed by atoms with E-state index in [2.05, 4.69) is 21.2 Å². The number of aromatic nitrogens is 1. The zero-order chi connectivity index (χ0) is 20.9. The summed E-state index contributed by atoms with van der Waals surface area (Å²) in [5, 5.41) is 4.12. The standard InChI is InChI=1S/C23H28N4O2S/c1-3-29-18-8-9-20-21(16-18)30-23(25-20)27-14-12-26(13-15-27)11-10-24-22(28)19-7-5-4-6-17(19)2/h4-9,16H,3,10-15H2,1-2H3,(H,24,28). The quantitative estimate of drug-likeness (QED) is 0.629. The van der Waals surface area contributed by atoms with Crippen molar-refractivity contribution in [3.8, 4) is 5.75 Å². The van der Waals surface area contributed by atoms with E-state index < -0.39 is 0 Å². The van der Waals surface area contributed by atoms with Crippen molar-refractivity contribution in [2.24, 2.45) is 0 Å². The summed E-state index contributed by atoms with van der Waals surface area (Å²) in [5.41, 5.74) is 2.79. The van der Waals surface area contributed by atoms with Gasteiger partial charge in [0.2, 0.25) is 0 Å². The van der Waals surface area contributed by atoms with Crippen LogP contribution in [0.1, 0.15) is 22.8 Å². The number of carbonyl (C=O) groups is 1. The second kappa shape index (κ2) is 9.45. The van der Waals surface area contributed by atoms with Crippen LogP contribution in [0.25, 0.3) is 10.2 Å². The van der Waals surface area contributed by atoms with Crippen LogP contribution in [-0.4, -0.2) is 61.7 Å². The first-order chi connectivity index (χ1) is 14.6. The van der Waals surface area contributed by atoms with E-state index in [1.165, 1.54) is 0 Å². The summed E-state index contributed by atoms with van der Waals surface area (Å²) < 4.78 is 6.76. The average molecular weight is 425 g/mol. The molecule has 30 heavy (non-hydrogen) atoms. The van der Waals surface area contributed by atoms with Crippen molar-refractivity contribution >= 4 is 32.6 Å². The van der Waals surface area contributed by atoms with Gasteiger partial charge < -0.3 is 15.0 Å². The minimum absolute atomic E-state index is 0.00707. The Balaban J connectivity index is 1.26. The second-order valence-corrected chi connectivity index (χ2v) is 8.47. The lowest BCUT2D eigenvalue weighted by atomic mass is 10.1. The van der Waals surface area contributed by atoms with Gasteiger partial charge in [-0.05, 0) is 43.7 Å². The first-order valence-corrected chi connectivity index (χ1v) is 11.3. The van der Waals surface area contributed by atoms with Gasteiger partial charge in [0.25, 0.3) is 5.91 Å². The van der Waals surface area contributed by atoms with Crippen molar-refractivity contribution in [3.05, 3.63) is 53.6 Å². The van der Waals surface area contributed by atoms with E-state index >= 15 is 0 Å². The van der Waals surface area contributed by atoms with Gasteiger partial charge in [0.05, 0.1) is 16.8 Å². The monoisotopic (exact) mass is 424 g/mol. The zero-order valence-corrected chi connectivity index (χ0v) is 18.4. The number of anilines is 1. The molecule has 0 atom stereocenters. The van der Waals surface area contributed by atoms with E-state index in [1.54, 1.807) is 11.3 Å². The SMILES string of the molecule is CCOc1ccc2nc(N3CCN(CCNC(=O)c4ccccc4C)CC3)sc2c1. The molecule has 1 N–H and O–H groups in total. The van der Waals surface area contributed by atoms with Gasteiger partial charge in [0.15, 0.2) is 5.13 Å². The molecule has 4 rings (SSSR count). The van der Waals surface area contributed by atoms with Gasteiger partial charge in [-0.1, -0.05) is 29.5 Å². The molecule has 3 aromatic rings. The van der Waals surface area contributed by atoms with Crippen LogP contribution in [0.4, 0.5) is 5.13 Å². The molecule has 1 amide bonds. The molecule has 0 bridgehead atoms. The van der Waals surface area contributed by atoms with Crippen LogP contribution in [0.2, 0.25) is 0 Å². The van der Waals surface area contributed by atoms with E-state index in [1.807, 2.05) is 50.2 Å². The Kier molecular flexibility index (Phi) is 6.50. The number of nitrogens with zero attached hydrogens (tertiary/aromatic N) is 3. The number of benzene rings is 2. The molecule has 1 saturated heterocycles. The lowest BCUT2D eigenvalue weighted by molar-refractivity contribution is 0.0947. The summed E-state index contributed by atoms with van der Waals surface area (Å²) in [6.45, 7) is 10.0. The van der Waals surface area contributed by atoms with Crippen LogP contribution >= 0.6 is 11.3 Å². The summed E-state index contributed by atoms with van der Waals surface area (Å²) in [7, 11) is 0. The molecule has 158 valence electrons. The summed E-state index contributed by atoms with van der Waals surface area (Å²) in [5.74, 6) is 0.908. The number of amides is 1. The molecule has 0 aliphatic carbocycles. The number of thiazole rings is 1. The van der Waals surface area contributed by atoms with Crippen molar-refractivity contribution < 1.29 is 9.53 Å². The predicted molar refractivity (Wildman–Crippen MR) is 123 cm³/mol. The van der Waals surface area contributed by atoms with Gasteiger partial charge in [-0.25, -0.2) is 4.98 Å². The number of hydrogen-bond acceptors (Lipinski definition) is 6. The van der Waals surface area contributed by atoms with E-state index in [0.29, 0.717) is 13.2 Å². The molecule has 1 fully saturated rings. The highest BCUT2D eigenvalue weighted by Crippen LogP contribution is 2.31. The third-order valence-corrected chi connectivity index (χ3v) is 6.48. The van der Waals surface area contributed by atoms with Crippen LogP contribution in [0.5, 0.6) is 5.75 Å². The van der Waals surface area contributed by atoms with Gasteiger partial charge in [0, 0.05) is 44.8 Å². The largest absolute Gasteiger partial charge is 0.494 e. The van der Waals surface area contributed by atoms with Crippen molar-refractivity contribution in [2.75, 3.05) is 50.8 Å². The third kappa shape index (κ3) is 4.74. The highest BCUT2D eigenvalue weighted by molar-refractivity contribution is 7.22. The molecule has 1 aromatic heterocycles. The Labute approximate surface area is 181 Å².